The molecular formula is C8H12N3+. The second-order valence-corrected chi connectivity index (χ2v) is 2.41. The molecule has 0 radical (unpaired) electrons. The predicted octanol–water partition coefficient (Wildman–Crippen LogP) is 1.54. The van der Waals surface area contributed by atoms with Crippen LogP contribution in [-0.4, -0.2) is 16.8 Å². The third-order valence-electron chi connectivity index (χ3n) is 1.37. The minimum atomic E-state index is 0.831. The van der Waals surface area contributed by atoms with Crippen LogP contribution in [0.3, 0.4) is 0 Å². The Balaban J connectivity index is 2.43. The maximum atomic E-state index is 4.12. The van der Waals surface area contributed by atoms with Crippen molar-refractivity contribution >= 4 is 0 Å². The molecule has 0 atom stereocenters. The Morgan fingerprint density at radius 2 is 2.55 bits per heavy atom. The monoisotopic (exact) mass is 150 g/mol. The largest absolute Gasteiger partial charge is 0.274 e. The molecule has 1 aromatic rings. The van der Waals surface area contributed by atoms with E-state index in [2.05, 4.69) is 16.0 Å². The zero-order valence-electron chi connectivity index (χ0n) is 6.91. The summed E-state index contributed by atoms with van der Waals surface area (Å²) in [5.74, 6) is 0. The molecule has 0 aliphatic carbocycles. The van der Waals surface area contributed by atoms with Gasteiger partial charge < -0.3 is 0 Å². The summed E-state index contributed by atoms with van der Waals surface area (Å²) in [6.45, 7) is 2.90. The third kappa shape index (κ3) is 2.42. The minimum absolute atomic E-state index is 0.831. The molecule has 0 N–H and O–H groups in total. The molecule has 58 valence electrons. The van der Waals surface area contributed by atoms with E-state index in [1.165, 1.54) is 5.56 Å². The molecule has 0 aliphatic rings. The smallest absolute Gasteiger partial charge is 0.271 e. The molecule has 0 fully saturated rings. The highest BCUT2D eigenvalue weighted by atomic mass is 15.3. The molecule has 3 heteroatoms. The molecule has 3 nitrogen and oxygen atoms in total. The number of nitrogens with zero attached hydrogens (tertiary/aromatic N) is 3. The number of aromatic nitrogens is 2. The van der Waals surface area contributed by atoms with Crippen LogP contribution in [0.1, 0.15) is 12.0 Å². The van der Waals surface area contributed by atoms with Gasteiger partial charge in [0.05, 0.1) is 12.7 Å². The summed E-state index contributed by atoms with van der Waals surface area (Å²) < 4.78 is 1.90. The van der Waals surface area contributed by atoms with E-state index in [-0.39, 0.29) is 0 Å². The second kappa shape index (κ2) is 3.77. The summed E-state index contributed by atoms with van der Waals surface area (Å²) in [4.78, 5) is 3.77. The first-order chi connectivity index (χ1) is 5.33. The standard InChI is InChI=1S/C8H12N3/c1-8-6-10-11(7-8)5-3-4-9-2/h6-7H,3,5H2,1-2H3/q+1. The van der Waals surface area contributed by atoms with Crippen molar-refractivity contribution < 1.29 is 0 Å². The summed E-state index contributed by atoms with van der Waals surface area (Å²) in [7, 11) is 1.73. The van der Waals surface area contributed by atoms with E-state index >= 15 is 0 Å². The van der Waals surface area contributed by atoms with Crippen molar-refractivity contribution in [1.82, 2.24) is 9.78 Å². The summed E-state index contributed by atoms with van der Waals surface area (Å²) >= 11 is 0. The number of hydrogen-bond acceptors (Lipinski definition) is 1. The Morgan fingerprint density at radius 1 is 1.73 bits per heavy atom. The van der Waals surface area contributed by atoms with E-state index in [1.807, 2.05) is 24.0 Å². The highest BCUT2D eigenvalue weighted by Crippen LogP contribution is 1.94. The van der Waals surface area contributed by atoms with E-state index in [0.717, 1.165) is 13.0 Å². The Morgan fingerprint density at radius 3 is 3.09 bits per heavy atom. The normalized spacial score (nSPS) is 8.91. The first-order valence-corrected chi connectivity index (χ1v) is 3.63. The van der Waals surface area contributed by atoms with Crippen molar-refractivity contribution in [2.75, 3.05) is 7.05 Å². The minimum Gasteiger partial charge on any atom is -0.271 e. The van der Waals surface area contributed by atoms with Crippen molar-refractivity contribution in [3.8, 4) is 6.07 Å². The van der Waals surface area contributed by atoms with Crippen LogP contribution in [0.4, 0.5) is 0 Å². The average molecular weight is 150 g/mol. The molecule has 1 rings (SSSR count). The van der Waals surface area contributed by atoms with Gasteiger partial charge in [-0.3, -0.25) is 4.68 Å². The molecular weight excluding hydrogens is 138 g/mol. The van der Waals surface area contributed by atoms with E-state index in [1.54, 1.807) is 7.05 Å². The maximum Gasteiger partial charge on any atom is 0.274 e. The number of rotatable bonds is 2. The first kappa shape index (κ1) is 7.80. The van der Waals surface area contributed by atoms with Crippen LogP contribution in [0, 0.1) is 13.0 Å². The Bertz CT molecular complexity index is 277. The number of aryl methyl sites for hydroxylation is 2. The molecule has 0 aromatic carbocycles. The lowest BCUT2D eigenvalue weighted by molar-refractivity contribution is 0.629. The highest BCUT2D eigenvalue weighted by Gasteiger charge is 1.93. The number of hydrogen-bond donors (Lipinski definition) is 0. The van der Waals surface area contributed by atoms with Crippen molar-refractivity contribution in [1.29, 1.82) is 0 Å². The predicted molar refractivity (Wildman–Crippen MR) is 44.8 cm³/mol. The fourth-order valence-corrected chi connectivity index (χ4v) is 0.866. The lowest BCUT2D eigenvalue weighted by atomic mass is 10.4. The molecule has 0 unspecified atom stereocenters. The van der Waals surface area contributed by atoms with Gasteiger partial charge in [0, 0.05) is 6.20 Å². The van der Waals surface area contributed by atoms with E-state index in [0.29, 0.717) is 0 Å². The van der Waals surface area contributed by atoms with Gasteiger partial charge in [-0.15, -0.1) is 0 Å². The Kier molecular flexibility index (Phi) is 2.67. The van der Waals surface area contributed by atoms with Crippen LogP contribution in [0.25, 0.3) is 4.85 Å². The summed E-state index contributed by atoms with van der Waals surface area (Å²) in [5, 5.41) is 4.12. The molecule has 1 aromatic heterocycles. The van der Waals surface area contributed by atoms with Gasteiger partial charge in [0.2, 0.25) is 0 Å². The highest BCUT2D eigenvalue weighted by molar-refractivity contribution is 4.99. The topological polar surface area (TPSA) is 22.2 Å². The van der Waals surface area contributed by atoms with E-state index in [9.17, 15) is 0 Å². The van der Waals surface area contributed by atoms with E-state index < -0.39 is 0 Å². The summed E-state index contributed by atoms with van der Waals surface area (Å²) in [5.41, 5.74) is 1.19. The van der Waals surface area contributed by atoms with E-state index in [4.69, 9.17) is 0 Å². The lowest BCUT2D eigenvalue weighted by Crippen LogP contribution is -1.96. The van der Waals surface area contributed by atoms with Crippen LogP contribution in [0.5, 0.6) is 0 Å². The fourth-order valence-electron chi connectivity index (χ4n) is 0.866. The molecule has 0 bridgehead atoms. The van der Waals surface area contributed by atoms with Gasteiger partial charge in [-0.1, -0.05) is 4.85 Å². The lowest BCUT2D eigenvalue weighted by Gasteiger charge is -1.91. The third-order valence-corrected chi connectivity index (χ3v) is 1.37. The molecule has 1 heterocycles. The van der Waals surface area contributed by atoms with Gasteiger partial charge in [0.25, 0.3) is 13.1 Å². The quantitative estimate of drug-likeness (QED) is 0.627. The Labute approximate surface area is 66.5 Å². The van der Waals surface area contributed by atoms with Crippen molar-refractivity contribution in [2.24, 2.45) is 0 Å². The molecule has 0 spiro atoms. The van der Waals surface area contributed by atoms with Crippen molar-refractivity contribution in [3.05, 3.63) is 22.8 Å². The fraction of sp³-hybridized carbons (Fsp3) is 0.500. The molecule has 0 aliphatic heterocycles. The summed E-state index contributed by atoms with van der Waals surface area (Å²) in [6, 6.07) is 2.87. The van der Waals surface area contributed by atoms with Crippen LogP contribution in [0.15, 0.2) is 12.4 Å². The second-order valence-electron chi connectivity index (χ2n) is 2.41. The average Bonchev–Trinajstić information content (AvgIpc) is 2.37. The van der Waals surface area contributed by atoms with Gasteiger partial charge in [-0.05, 0) is 12.5 Å². The SMILES string of the molecule is C[N+]#CCCn1cc(C)cn1. The van der Waals surface area contributed by atoms with Crippen molar-refractivity contribution in [2.45, 2.75) is 19.9 Å². The maximum absolute atomic E-state index is 4.12. The zero-order chi connectivity index (χ0) is 8.10. The zero-order valence-corrected chi connectivity index (χ0v) is 6.91. The van der Waals surface area contributed by atoms with Gasteiger partial charge in [0.1, 0.15) is 6.42 Å². The first-order valence-electron chi connectivity index (χ1n) is 3.63. The van der Waals surface area contributed by atoms with Crippen LogP contribution in [0.2, 0.25) is 0 Å². The van der Waals surface area contributed by atoms with Gasteiger partial charge >= 0.3 is 0 Å². The molecule has 0 saturated carbocycles. The molecule has 11 heavy (non-hydrogen) atoms. The summed E-state index contributed by atoms with van der Waals surface area (Å²) in [6.07, 6.45) is 4.69. The van der Waals surface area contributed by atoms with Crippen LogP contribution in [-0.2, 0) is 6.54 Å². The van der Waals surface area contributed by atoms with Gasteiger partial charge in [-0.25, -0.2) is 0 Å². The molecule has 0 saturated heterocycles. The van der Waals surface area contributed by atoms with Crippen LogP contribution < -0.4 is 0 Å². The van der Waals surface area contributed by atoms with Crippen molar-refractivity contribution in [3.63, 3.8) is 0 Å². The molecule has 0 amide bonds. The van der Waals surface area contributed by atoms with Gasteiger partial charge in [0.15, 0.2) is 0 Å². The Hall–Kier alpha value is -1.30. The van der Waals surface area contributed by atoms with Gasteiger partial charge in [-0.2, -0.15) is 5.10 Å². The van der Waals surface area contributed by atoms with Crippen LogP contribution >= 0.6 is 0 Å².